The molecule has 3 N–H and O–H groups in total. The second-order valence-electron chi connectivity index (χ2n) is 6.10. The molecule has 7 nitrogen and oxygen atoms in total. The molecule has 1 aliphatic rings. The number of amides is 2. The van der Waals surface area contributed by atoms with E-state index in [1.807, 2.05) is 0 Å². The quantitative estimate of drug-likeness (QED) is 0.393. The lowest BCUT2D eigenvalue weighted by Crippen LogP contribution is -2.42. The number of aliphatic hydroxyl groups is 2. The summed E-state index contributed by atoms with van der Waals surface area (Å²) in [5.41, 5.74) is -0.723. The normalized spacial score (nSPS) is 21.9. The van der Waals surface area contributed by atoms with Gasteiger partial charge in [-0.15, -0.1) is 0 Å². The van der Waals surface area contributed by atoms with Crippen LogP contribution in [0.2, 0.25) is 0 Å². The van der Waals surface area contributed by atoms with Gasteiger partial charge in [0.15, 0.2) is 6.29 Å². The molecule has 1 aliphatic heterocycles. The van der Waals surface area contributed by atoms with Crippen LogP contribution in [0.25, 0.3) is 0 Å². The van der Waals surface area contributed by atoms with Crippen LogP contribution in [0, 0.1) is 11.8 Å². The topological polar surface area (TPSA) is 99.1 Å². The number of nitrogens with one attached hydrogen (secondary N) is 1. The standard InChI is InChI=1S/C19H19F3N2O5/c1-23-18(28)24(17-8-15(27)16(11-26)29-17)9-13(10-25)3-2-12-4-6-14(7-5-12)19(20,21)22/h4-7,9-10,15-17,26-27H,8,11H2,1H3,(H,23,28)/b13-9-/t15-,16+,17+/m0/s1. The van der Waals surface area contributed by atoms with E-state index >= 15 is 0 Å². The van der Waals surface area contributed by atoms with Crippen molar-refractivity contribution in [1.82, 2.24) is 10.2 Å². The molecule has 0 aliphatic carbocycles. The molecule has 0 saturated carbocycles. The monoisotopic (exact) mass is 412 g/mol. The number of carbonyl (C=O) groups is 2. The van der Waals surface area contributed by atoms with Crippen LogP contribution in [0.3, 0.4) is 0 Å². The summed E-state index contributed by atoms with van der Waals surface area (Å²) in [6, 6.07) is 3.42. The van der Waals surface area contributed by atoms with E-state index in [0.29, 0.717) is 6.29 Å². The number of hydrogen-bond acceptors (Lipinski definition) is 5. The first-order valence-corrected chi connectivity index (χ1v) is 8.50. The molecular weight excluding hydrogens is 393 g/mol. The maximum absolute atomic E-state index is 12.6. The molecule has 2 rings (SSSR count). The Labute approximate surface area is 164 Å². The predicted molar refractivity (Wildman–Crippen MR) is 95.1 cm³/mol. The van der Waals surface area contributed by atoms with Crippen LogP contribution in [0.15, 0.2) is 36.0 Å². The lowest BCUT2D eigenvalue weighted by molar-refractivity contribution is -0.137. The number of nitrogens with zero attached hydrogens (tertiary/aromatic N) is 1. The highest BCUT2D eigenvalue weighted by molar-refractivity contribution is 5.83. The largest absolute Gasteiger partial charge is 0.416 e. The lowest BCUT2D eigenvalue weighted by atomic mass is 10.1. The highest BCUT2D eigenvalue weighted by atomic mass is 19.4. The third-order valence-electron chi connectivity index (χ3n) is 4.11. The van der Waals surface area contributed by atoms with Crippen LogP contribution in [0.1, 0.15) is 17.5 Å². The Hall–Kier alpha value is -2.87. The molecule has 1 aromatic carbocycles. The van der Waals surface area contributed by atoms with Crippen LogP contribution >= 0.6 is 0 Å². The number of halogens is 3. The van der Waals surface area contributed by atoms with Gasteiger partial charge in [0.25, 0.3) is 0 Å². The van der Waals surface area contributed by atoms with Gasteiger partial charge in [-0.3, -0.25) is 9.69 Å². The van der Waals surface area contributed by atoms with Crippen molar-refractivity contribution < 1.29 is 37.7 Å². The molecule has 1 heterocycles. The third kappa shape index (κ3) is 5.80. The van der Waals surface area contributed by atoms with E-state index in [4.69, 9.17) is 4.74 Å². The van der Waals surface area contributed by atoms with Gasteiger partial charge in [-0.25, -0.2) is 4.79 Å². The number of rotatable bonds is 4. The molecule has 1 saturated heterocycles. The SMILES string of the molecule is CNC(=O)N(/C=C(/C#Cc1ccc(C(F)(F)F)cc1)C=O)[C@H]1C[C@H](O)[C@@H](CO)O1. The summed E-state index contributed by atoms with van der Waals surface area (Å²) in [5, 5.41) is 21.4. The Morgan fingerprint density at radius 3 is 2.52 bits per heavy atom. The van der Waals surface area contributed by atoms with Crippen LogP contribution < -0.4 is 5.32 Å². The van der Waals surface area contributed by atoms with E-state index in [0.717, 1.165) is 35.4 Å². The number of aliphatic hydroxyl groups excluding tert-OH is 2. The molecule has 29 heavy (non-hydrogen) atoms. The molecule has 0 aromatic heterocycles. The van der Waals surface area contributed by atoms with E-state index in [1.54, 1.807) is 0 Å². The maximum Gasteiger partial charge on any atom is 0.416 e. The first-order chi connectivity index (χ1) is 13.7. The summed E-state index contributed by atoms with van der Waals surface area (Å²) >= 11 is 0. The molecular formula is C19H19F3N2O5. The van der Waals surface area contributed by atoms with E-state index in [-0.39, 0.29) is 17.6 Å². The predicted octanol–water partition coefficient (Wildman–Crippen LogP) is 1.25. The van der Waals surface area contributed by atoms with Crippen molar-refractivity contribution in [3.63, 3.8) is 0 Å². The zero-order valence-corrected chi connectivity index (χ0v) is 15.3. The molecule has 156 valence electrons. The van der Waals surface area contributed by atoms with Gasteiger partial charge in [-0.05, 0) is 24.3 Å². The number of benzene rings is 1. The first kappa shape index (κ1) is 22.4. The summed E-state index contributed by atoms with van der Waals surface area (Å²) in [6.07, 6.45) is -5.78. The Balaban J connectivity index is 2.25. The zero-order valence-electron chi connectivity index (χ0n) is 15.3. The molecule has 3 atom stereocenters. The fourth-order valence-corrected chi connectivity index (χ4v) is 2.58. The van der Waals surface area contributed by atoms with Crippen molar-refractivity contribution in [1.29, 1.82) is 0 Å². The first-order valence-electron chi connectivity index (χ1n) is 8.50. The minimum Gasteiger partial charge on any atom is -0.394 e. The zero-order chi connectivity index (χ0) is 21.6. The average Bonchev–Trinajstić information content (AvgIpc) is 3.07. The Morgan fingerprint density at radius 2 is 2.03 bits per heavy atom. The van der Waals surface area contributed by atoms with Gasteiger partial charge in [0, 0.05) is 25.2 Å². The van der Waals surface area contributed by atoms with E-state index < -0.39 is 42.8 Å². The van der Waals surface area contributed by atoms with Gasteiger partial charge in [-0.2, -0.15) is 13.2 Å². The molecule has 1 aromatic rings. The van der Waals surface area contributed by atoms with Crippen molar-refractivity contribution in [2.45, 2.75) is 31.0 Å². The smallest absolute Gasteiger partial charge is 0.394 e. The molecule has 0 spiro atoms. The summed E-state index contributed by atoms with van der Waals surface area (Å²) in [5.74, 6) is 5.04. The van der Waals surface area contributed by atoms with Crippen molar-refractivity contribution in [2.24, 2.45) is 0 Å². The van der Waals surface area contributed by atoms with Crippen molar-refractivity contribution in [3.8, 4) is 11.8 Å². The molecule has 10 heteroatoms. The van der Waals surface area contributed by atoms with Crippen LogP contribution in [-0.2, 0) is 15.7 Å². The molecule has 2 amide bonds. The number of urea groups is 1. The van der Waals surface area contributed by atoms with Crippen molar-refractivity contribution in [2.75, 3.05) is 13.7 Å². The number of alkyl halides is 3. The van der Waals surface area contributed by atoms with Gasteiger partial charge >= 0.3 is 12.2 Å². The summed E-state index contributed by atoms with van der Waals surface area (Å²) in [6.45, 7) is -0.447. The highest BCUT2D eigenvalue weighted by Crippen LogP contribution is 2.29. The Bertz CT molecular complexity index is 827. The molecule has 0 radical (unpaired) electrons. The second kappa shape index (κ2) is 9.56. The van der Waals surface area contributed by atoms with Gasteiger partial charge < -0.3 is 20.3 Å². The van der Waals surface area contributed by atoms with Crippen LogP contribution in [0.4, 0.5) is 18.0 Å². The minimum atomic E-state index is -4.47. The average molecular weight is 412 g/mol. The number of hydrogen-bond donors (Lipinski definition) is 3. The second-order valence-corrected chi connectivity index (χ2v) is 6.10. The third-order valence-corrected chi connectivity index (χ3v) is 4.11. The van der Waals surface area contributed by atoms with E-state index in [9.17, 15) is 33.0 Å². The molecule has 0 bridgehead atoms. The number of ether oxygens (including phenoxy) is 1. The number of allylic oxidation sites excluding steroid dienone is 1. The van der Waals surface area contributed by atoms with Crippen molar-refractivity contribution in [3.05, 3.63) is 47.2 Å². The van der Waals surface area contributed by atoms with Gasteiger partial charge in [-0.1, -0.05) is 11.8 Å². The fraction of sp³-hybridized carbons (Fsp3) is 0.368. The van der Waals surface area contributed by atoms with Crippen LogP contribution in [-0.4, -0.2) is 59.5 Å². The van der Waals surface area contributed by atoms with E-state index in [2.05, 4.69) is 17.2 Å². The van der Waals surface area contributed by atoms with Gasteiger partial charge in [0.2, 0.25) is 0 Å². The summed E-state index contributed by atoms with van der Waals surface area (Å²) < 4.78 is 43.2. The molecule has 1 fully saturated rings. The van der Waals surface area contributed by atoms with Gasteiger partial charge in [0.05, 0.1) is 23.8 Å². The van der Waals surface area contributed by atoms with E-state index in [1.165, 1.54) is 7.05 Å². The lowest BCUT2D eigenvalue weighted by Gasteiger charge is -2.24. The number of aldehydes is 1. The highest BCUT2D eigenvalue weighted by Gasteiger charge is 2.38. The van der Waals surface area contributed by atoms with Crippen LogP contribution in [0.5, 0.6) is 0 Å². The summed E-state index contributed by atoms with van der Waals surface area (Å²) in [4.78, 5) is 24.5. The van der Waals surface area contributed by atoms with Gasteiger partial charge in [0.1, 0.15) is 12.3 Å². The number of carbonyl (C=O) groups excluding carboxylic acids is 2. The van der Waals surface area contributed by atoms with Crippen molar-refractivity contribution >= 4 is 12.3 Å². The fourth-order valence-electron chi connectivity index (χ4n) is 2.58. The minimum absolute atomic E-state index is 0.00756. The molecule has 0 unspecified atom stereocenters. The Morgan fingerprint density at radius 1 is 1.38 bits per heavy atom. The summed E-state index contributed by atoms with van der Waals surface area (Å²) in [7, 11) is 1.35. The maximum atomic E-state index is 12.6. The Kier molecular flexibility index (Phi) is 7.39.